The molecule has 0 saturated heterocycles. The van der Waals surface area contributed by atoms with E-state index >= 15 is 0 Å². The zero-order valence-electron chi connectivity index (χ0n) is 8.02. The van der Waals surface area contributed by atoms with E-state index in [1.54, 1.807) is 0 Å². The van der Waals surface area contributed by atoms with Crippen molar-refractivity contribution in [2.45, 2.75) is 0 Å². The predicted octanol–water partition coefficient (Wildman–Crippen LogP) is 0.854. The fraction of sp³-hybridized carbons (Fsp3) is 0.100. The standard InChI is InChI=1S/C10H9NO4/c1-15-10(14)7-2-3-8(5-12)9(4-7)11-6-13/h2-6H,1H3,(H,11,13). The fourth-order valence-electron chi connectivity index (χ4n) is 1.09. The SMILES string of the molecule is COC(=O)c1ccc(C=O)c(NC=O)c1. The summed E-state index contributed by atoms with van der Waals surface area (Å²) in [5.41, 5.74) is 0.852. The Hall–Kier alpha value is -2.17. The van der Waals surface area contributed by atoms with Gasteiger partial charge in [0.2, 0.25) is 6.41 Å². The van der Waals surface area contributed by atoms with Crippen LogP contribution < -0.4 is 5.32 Å². The number of esters is 1. The molecule has 0 aliphatic carbocycles. The number of amides is 1. The molecular formula is C10H9NO4. The quantitative estimate of drug-likeness (QED) is 0.587. The number of carbonyl (C=O) groups excluding carboxylic acids is 3. The van der Waals surface area contributed by atoms with Gasteiger partial charge in [0.15, 0.2) is 6.29 Å². The normalized spacial score (nSPS) is 9.13. The molecule has 1 aromatic carbocycles. The summed E-state index contributed by atoms with van der Waals surface area (Å²) in [7, 11) is 1.25. The van der Waals surface area contributed by atoms with Crippen LogP contribution in [0.4, 0.5) is 5.69 Å². The van der Waals surface area contributed by atoms with E-state index in [4.69, 9.17) is 0 Å². The predicted molar refractivity (Wildman–Crippen MR) is 52.9 cm³/mol. The van der Waals surface area contributed by atoms with Crippen LogP contribution in [0.2, 0.25) is 0 Å². The van der Waals surface area contributed by atoms with Gasteiger partial charge < -0.3 is 10.1 Å². The molecule has 1 N–H and O–H groups in total. The van der Waals surface area contributed by atoms with Gasteiger partial charge in [0.05, 0.1) is 18.4 Å². The number of anilines is 1. The molecule has 5 heteroatoms. The van der Waals surface area contributed by atoms with E-state index in [-0.39, 0.29) is 11.3 Å². The maximum atomic E-state index is 11.1. The van der Waals surface area contributed by atoms with Crippen molar-refractivity contribution < 1.29 is 19.1 Å². The monoisotopic (exact) mass is 207 g/mol. The maximum Gasteiger partial charge on any atom is 0.337 e. The van der Waals surface area contributed by atoms with Crippen LogP contribution in [-0.2, 0) is 9.53 Å². The number of methoxy groups -OCH3 is 1. The molecule has 0 spiro atoms. The Kier molecular flexibility index (Phi) is 3.56. The molecule has 15 heavy (non-hydrogen) atoms. The van der Waals surface area contributed by atoms with E-state index in [0.29, 0.717) is 18.3 Å². The molecule has 0 unspecified atom stereocenters. The second-order valence-electron chi connectivity index (χ2n) is 2.67. The van der Waals surface area contributed by atoms with Gasteiger partial charge >= 0.3 is 5.97 Å². The van der Waals surface area contributed by atoms with E-state index in [2.05, 4.69) is 10.1 Å². The first-order chi connectivity index (χ1) is 7.22. The van der Waals surface area contributed by atoms with Crippen molar-refractivity contribution in [3.8, 4) is 0 Å². The Morgan fingerprint density at radius 3 is 2.67 bits per heavy atom. The van der Waals surface area contributed by atoms with Crippen molar-refractivity contribution in [2.24, 2.45) is 0 Å². The number of hydrogen-bond donors (Lipinski definition) is 1. The number of hydrogen-bond acceptors (Lipinski definition) is 4. The zero-order valence-corrected chi connectivity index (χ0v) is 8.02. The summed E-state index contributed by atoms with van der Waals surface area (Å²) in [5.74, 6) is -0.526. The van der Waals surface area contributed by atoms with Gasteiger partial charge in [-0.1, -0.05) is 0 Å². The molecule has 0 bridgehead atoms. The molecule has 0 atom stereocenters. The van der Waals surface area contributed by atoms with Gasteiger partial charge in [-0.2, -0.15) is 0 Å². The van der Waals surface area contributed by atoms with Crippen molar-refractivity contribution in [3.05, 3.63) is 29.3 Å². The van der Waals surface area contributed by atoms with Crippen molar-refractivity contribution in [1.82, 2.24) is 0 Å². The topological polar surface area (TPSA) is 72.5 Å². The first kappa shape index (κ1) is 10.9. The van der Waals surface area contributed by atoms with Crippen molar-refractivity contribution in [3.63, 3.8) is 0 Å². The second-order valence-corrected chi connectivity index (χ2v) is 2.67. The summed E-state index contributed by atoms with van der Waals surface area (Å²) >= 11 is 0. The summed E-state index contributed by atoms with van der Waals surface area (Å²) in [4.78, 5) is 32.0. The third kappa shape index (κ3) is 2.40. The van der Waals surface area contributed by atoms with E-state index in [1.807, 2.05) is 0 Å². The minimum absolute atomic E-state index is 0.271. The van der Waals surface area contributed by atoms with E-state index in [9.17, 15) is 14.4 Å². The Morgan fingerprint density at radius 2 is 2.13 bits per heavy atom. The average Bonchev–Trinajstić information content (AvgIpc) is 2.28. The highest BCUT2D eigenvalue weighted by Gasteiger charge is 2.08. The molecule has 5 nitrogen and oxygen atoms in total. The molecule has 0 saturated carbocycles. The van der Waals surface area contributed by atoms with E-state index < -0.39 is 5.97 Å². The minimum atomic E-state index is -0.526. The van der Waals surface area contributed by atoms with E-state index in [1.165, 1.54) is 25.3 Å². The first-order valence-corrected chi connectivity index (χ1v) is 4.10. The van der Waals surface area contributed by atoms with Crippen LogP contribution in [0.15, 0.2) is 18.2 Å². The highest BCUT2D eigenvalue weighted by Crippen LogP contribution is 2.16. The number of rotatable bonds is 4. The van der Waals surface area contributed by atoms with Crippen molar-refractivity contribution >= 4 is 24.4 Å². The number of nitrogens with one attached hydrogen (secondary N) is 1. The molecule has 0 aromatic heterocycles. The molecule has 1 rings (SSSR count). The van der Waals surface area contributed by atoms with Gasteiger partial charge in [-0.15, -0.1) is 0 Å². The van der Waals surface area contributed by atoms with Gasteiger partial charge in [-0.05, 0) is 18.2 Å². The molecule has 0 fully saturated rings. The largest absolute Gasteiger partial charge is 0.465 e. The lowest BCUT2D eigenvalue weighted by Gasteiger charge is -2.05. The van der Waals surface area contributed by atoms with Crippen LogP contribution in [0.25, 0.3) is 0 Å². The molecular weight excluding hydrogens is 198 g/mol. The minimum Gasteiger partial charge on any atom is -0.465 e. The number of aldehydes is 1. The molecule has 1 aromatic rings. The lowest BCUT2D eigenvalue weighted by Crippen LogP contribution is -2.04. The summed E-state index contributed by atoms with van der Waals surface area (Å²) in [5, 5.41) is 2.33. The Balaban J connectivity index is 3.14. The number of benzene rings is 1. The zero-order chi connectivity index (χ0) is 11.3. The average molecular weight is 207 g/mol. The third-order valence-electron chi connectivity index (χ3n) is 1.82. The lowest BCUT2D eigenvalue weighted by molar-refractivity contribution is -0.105. The van der Waals surface area contributed by atoms with Crippen LogP contribution in [0.1, 0.15) is 20.7 Å². The molecule has 0 radical (unpaired) electrons. The molecule has 78 valence electrons. The van der Waals surface area contributed by atoms with Gasteiger partial charge in [0.1, 0.15) is 0 Å². The van der Waals surface area contributed by atoms with Crippen LogP contribution in [0.5, 0.6) is 0 Å². The van der Waals surface area contributed by atoms with Crippen LogP contribution in [0, 0.1) is 0 Å². The molecule has 0 aliphatic rings. The maximum absolute atomic E-state index is 11.1. The van der Waals surface area contributed by atoms with Crippen molar-refractivity contribution in [2.75, 3.05) is 12.4 Å². The van der Waals surface area contributed by atoms with Crippen LogP contribution >= 0.6 is 0 Å². The fourth-order valence-corrected chi connectivity index (χ4v) is 1.09. The van der Waals surface area contributed by atoms with Crippen LogP contribution in [-0.4, -0.2) is 25.8 Å². The lowest BCUT2D eigenvalue weighted by atomic mass is 10.1. The Morgan fingerprint density at radius 1 is 1.40 bits per heavy atom. The summed E-state index contributed by atoms with van der Waals surface area (Å²) in [6.07, 6.45) is 1.02. The Labute approximate surface area is 86.0 Å². The molecule has 0 aliphatic heterocycles. The summed E-state index contributed by atoms with van der Waals surface area (Å²) in [6.45, 7) is 0. The summed E-state index contributed by atoms with van der Waals surface area (Å²) in [6, 6.07) is 4.26. The molecule has 0 heterocycles. The van der Waals surface area contributed by atoms with Gasteiger partial charge in [-0.3, -0.25) is 9.59 Å². The van der Waals surface area contributed by atoms with Gasteiger partial charge in [0, 0.05) is 5.56 Å². The number of ether oxygens (including phenoxy) is 1. The number of carbonyl (C=O) groups is 3. The van der Waals surface area contributed by atoms with Gasteiger partial charge in [-0.25, -0.2) is 4.79 Å². The third-order valence-corrected chi connectivity index (χ3v) is 1.82. The van der Waals surface area contributed by atoms with Crippen LogP contribution in [0.3, 0.4) is 0 Å². The van der Waals surface area contributed by atoms with Crippen molar-refractivity contribution in [1.29, 1.82) is 0 Å². The highest BCUT2D eigenvalue weighted by molar-refractivity contribution is 5.95. The Bertz CT molecular complexity index is 400. The first-order valence-electron chi connectivity index (χ1n) is 4.10. The summed E-state index contributed by atoms with van der Waals surface area (Å²) < 4.78 is 4.50. The smallest absolute Gasteiger partial charge is 0.337 e. The molecule has 1 amide bonds. The second kappa shape index (κ2) is 4.90. The van der Waals surface area contributed by atoms with E-state index in [0.717, 1.165) is 0 Å². The highest BCUT2D eigenvalue weighted by atomic mass is 16.5. The van der Waals surface area contributed by atoms with Gasteiger partial charge in [0.25, 0.3) is 0 Å².